The maximum atomic E-state index is 11.8. The number of nitrogens with zero attached hydrogens (tertiary/aromatic N) is 1. The molecule has 2 rings (SSSR count). The fraction of sp³-hybridized carbons (Fsp3) is 0.533. The topological polar surface area (TPSA) is 77.5 Å². The van der Waals surface area contributed by atoms with Crippen molar-refractivity contribution in [2.75, 3.05) is 19.8 Å². The predicted octanol–water partition coefficient (Wildman–Crippen LogP) is 1.31. The Hall–Kier alpha value is -1.79. The molecular weight excluding hydrogens is 272 g/mol. The minimum absolute atomic E-state index is 0.0762. The first-order valence-corrected chi connectivity index (χ1v) is 7.07. The zero-order valence-corrected chi connectivity index (χ0v) is 12.1. The van der Waals surface area contributed by atoms with Crippen molar-refractivity contribution in [2.24, 2.45) is 0 Å². The van der Waals surface area contributed by atoms with Crippen molar-refractivity contribution in [3.8, 4) is 0 Å². The van der Waals surface area contributed by atoms with Gasteiger partial charge in [0.05, 0.1) is 13.2 Å². The molecule has 0 unspecified atom stereocenters. The minimum atomic E-state index is -0.598. The van der Waals surface area contributed by atoms with Crippen molar-refractivity contribution in [1.29, 1.82) is 0 Å². The fourth-order valence-corrected chi connectivity index (χ4v) is 2.12. The molecule has 21 heavy (non-hydrogen) atoms. The molecule has 1 fully saturated rings. The monoisotopic (exact) mass is 292 g/mol. The SMILES string of the molecule is CC1(CCNC(=O)CCC(=O)c2cccnc2)OCCO1. The van der Waals surface area contributed by atoms with Gasteiger partial charge in [0.2, 0.25) is 5.91 Å². The summed E-state index contributed by atoms with van der Waals surface area (Å²) >= 11 is 0. The van der Waals surface area contributed by atoms with E-state index in [9.17, 15) is 9.59 Å². The van der Waals surface area contributed by atoms with Crippen molar-refractivity contribution in [3.05, 3.63) is 30.1 Å². The molecule has 1 amide bonds. The summed E-state index contributed by atoms with van der Waals surface area (Å²) in [6.45, 7) is 3.50. The lowest BCUT2D eigenvalue weighted by Crippen LogP contribution is -2.33. The summed E-state index contributed by atoms with van der Waals surface area (Å²) in [6, 6.07) is 3.40. The molecule has 6 nitrogen and oxygen atoms in total. The number of aromatic nitrogens is 1. The van der Waals surface area contributed by atoms with Gasteiger partial charge < -0.3 is 14.8 Å². The quantitative estimate of drug-likeness (QED) is 0.767. The summed E-state index contributed by atoms with van der Waals surface area (Å²) in [6.07, 6.45) is 4.07. The lowest BCUT2D eigenvalue weighted by atomic mass is 10.1. The van der Waals surface area contributed by atoms with Crippen LogP contribution in [0, 0.1) is 0 Å². The van der Waals surface area contributed by atoms with Crippen molar-refractivity contribution in [1.82, 2.24) is 10.3 Å². The molecule has 0 aliphatic carbocycles. The van der Waals surface area contributed by atoms with E-state index in [1.165, 1.54) is 6.20 Å². The number of ether oxygens (including phenoxy) is 2. The van der Waals surface area contributed by atoms with Crippen LogP contribution in [-0.2, 0) is 14.3 Å². The molecule has 0 aromatic carbocycles. The Morgan fingerprint density at radius 3 is 2.76 bits per heavy atom. The summed E-state index contributed by atoms with van der Waals surface area (Å²) in [5, 5.41) is 2.77. The molecule has 114 valence electrons. The molecule has 2 heterocycles. The molecule has 1 aromatic rings. The Morgan fingerprint density at radius 1 is 1.33 bits per heavy atom. The van der Waals surface area contributed by atoms with Gasteiger partial charge >= 0.3 is 0 Å². The Kier molecular flexibility index (Phi) is 5.41. The van der Waals surface area contributed by atoms with Crippen molar-refractivity contribution >= 4 is 11.7 Å². The number of ketones is 1. The van der Waals surface area contributed by atoms with Crippen LogP contribution in [0.5, 0.6) is 0 Å². The number of hydrogen-bond donors (Lipinski definition) is 1. The molecule has 0 saturated carbocycles. The summed E-state index contributed by atoms with van der Waals surface area (Å²) in [7, 11) is 0. The van der Waals surface area contributed by atoms with E-state index < -0.39 is 5.79 Å². The minimum Gasteiger partial charge on any atom is -0.356 e. The maximum absolute atomic E-state index is 11.8. The van der Waals surface area contributed by atoms with E-state index in [-0.39, 0.29) is 24.5 Å². The van der Waals surface area contributed by atoms with Gasteiger partial charge in [0.1, 0.15) is 0 Å². The normalized spacial score (nSPS) is 16.6. The third-order valence-corrected chi connectivity index (χ3v) is 3.36. The second kappa shape index (κ2) is 7.28. The van der Waals surface area contributed by atoms with Crippen LogP contribution in [-0.4, -0.2) is 42.2 Å². The Labute approximate surface area is 123 Å². The van der Waals surface area contributed by atoms with E-state index in [1.54, 1.807) is 18.3 Å². The number of pyridine rings is 1. The Balaban J connectivity index is 1.64. The summed E-state index contributed by atoms with van der Waals surface area (Å²) < 4.78 is 10.9. The predicted molar refractivity (Wildman–Crippen MR) is 75.7 cm³/mol. The van der Waals surface area contributed by atoms with E-state index in [2.05, 4.69) is 10.3 Å². The average Bonchev–Trinajstić information content (AvgIpc) is 2.92. The lowest BCUT2D eigenvalue weighted by molar-refractivity contribution is -0.146. The molecule has 0 spiro atoms. The van der Waals surface area contributed by atoms with Crippen LogP contribution in [0.2, 0.25) is 0 Å². The van der Waals surface area contributed by atoms with Crippen LogP contribution in [0.1, 0.15) is 36.5 Å². The van der Waals surface area contributed by atoms with Crippen LogP contribution in [0.4, 0.5) is 0 Å². The number of carbonyl (C=O) groups is 2. The highest BCUT2D eigenvalue weighted by atomic mass is 16.7. The number of rotatable bonds is 7. The van der Waals surface area contributed by atoms with Gasteiger partial charge in [0, 0.05) is 43.8 Å². The molecule has 1 aromatic heterocycles. The first kappa shape index (κ1) is 15.6. The third kappa shape index (κ3) is 4.91. The van der Waals surface area contributed by atoms with Crippen molar-refractivity contribution in [3.63, 3.8) is 0 Å². The van der Waals surface area contributed by atoms with E-state index in [0.29, 0.717) is 31.7 Å². The number of hydrogen-bond acceptors (Lipinski definition) is 5. The van der Waals surface area contributed by atoms with Gasteiger partial charge in [-0.3, -0.25) is 14.6 Å². The second-order valence-corrected chi connectivity index (χ2v) is 5.10. The van der Waals surface area contributed by atoms with Crippen LogP contribution in [0.15, 0.2) is 24.5 Å². The third-order valence-electron chi connectivity index (χ3n) is 3.36. The van der Waals surface area contributed by atoms with Crippen molar-refractivity contribution < 1.29 is 19.1 Å². The van der Waals surface area contributed by atoms with Gasteiger partial charge in [-0.25, -0.2) is 0 Å². The molecule has 1 aliphatic heterocycles. The zero-order valence-electron chi connectivity index (χ0n) is 12.1. The smallest absolute Gasteiger partial charge is 0.220 e. The fourth-order valence-electron chi connectivity index (χ4n) is 2.12. The standard InChI is InChI=1S/C15H20N2O4/c1-15(20-9-10-21-15)6-8-17-14(19)5-4-13(18)12-3-2-7-16-11-12/h2-3,7,11H,4-6,8-10H2,1H3,(H,17,19). The van der Waals surface area contributed by atoms with Gasteiger partial charge in [-0.2, -0.15) is 0 Å². The van der Waals surface area contributed by atoms with E-state index >= 15 is 0 Å². The summed E-state index contributed by atoms with van der Waals surface area (Å²) in [4.78, 5) is 27.4. The molecule has 0 atom stereocenters. The first-order chi connectivity index (χ1) is 10.1. The summed E-state index contributed by atoms with van der Waals surface area (Å²) in [5.74, 6) is -0.819. The molecule has 0 radical (unpaired) electrons. The number of carbonyl (C=O) groups excluding carboxylic acids is 2. The largest absolute Gasteiger partial charge is 0.356 e. The highest BCUT2D eigenvalue weighted by Crippen LogP contribution is 2.21. The number of nitrogens with one attached hydrogen (secondary N) is 1. The van der Waals surface area contributed by atoms with Gasteiger partial charge in [-0.1, -0.05) is 0 Å². The molecule has 1 aliphatic rings. The first-order valence-electron chi connectivity index (χ1n) is 7.07. The van der Waals surface area contributed by atoms with E-state index in [0.717, 1.165) is 0 Å². The highest BCUT2D eigenvalue weighted by Gasteiger charge is 2.30. The zero-order chi connectivity index (χ0) is 15.1. The van der Waals surface area contributed by atoms with Gasteiger partial charge in [0.15, 0.2) is 11.6 Å². The van der Waals surface area contributed by atoms with E-state index in [1.807, 2.05) is 6.92 Å². The molecular formula is C15H20N2O4. The van der Waals surface area contributed by atoms with Crippen LogP contribution < -0.4 is 5.32 Å². The highest BCUT2D eigenvalue weighted by molar-refractivity contribution is 5.97. The van der Waals surface area contributed by atoms with Crippen LogP contribution in [0.25, 0.3) is 0 Å². The van der Waals surface area contributed by atoms with Gasteiger partial charge in [0.25, 0.3) is 0 Å². The molecule has 1 saturated heterocycles. The molecule has 1 N–H and O–H groups in total. The van der Waals surface area contributed by atoms with E-state index in [4.69, 9.17) is 9.47 Å². The van der Waals surface area contributed by atoms with Gasteiger partial charge in [-0.15, -0.1) is 0 Å². The molecule has 0 bridgehead atoms. The van der Waals surface area contributed by atoms with Crippen LogP contribution in [0.3, 0.4) is 0 Å². The average molecular weight is 292 g/mol. The van der Waals surface area contributed by atoms with Crippen molar-refractivity contribution in [2.45, 2.75) is 32.0 Å². The lowest BCUT2D eigenvalue weighted by Gasteiger charge is -2.22. The molecule has 6 heteroatoms. The maximum Gasteiger partial charge on any atom is 0.220 e. The Morgan fingerprint density at radius 2 is 2.10 bits per heavy atom. The van der Waals surface area contributed by atoms with Gasteiger partial charge in [-0.05, 0) is 19.1 Å². The Bertz CT molecular complexity index is 484. The summed E-state index contributed by atoms with van der Waals surface area (Å²) in [5.41, 5.74) is 0.533. The second-order valence-electron chi connectivity index (χ2n) is 5.10. The number of Topliss-reactive ketones (excluding diaryl/α,β-unsaturated/α-hetero) is 1. The number of amides is 1. The van der Waals surface area contributed by atoms with Crippen LogP contribution >= 0.6 is 0 Å².